The van der Waals surface area contributed by atoms with E-state index in [1.54, 1.807) is 19.2 Å². The predicted octanol–water partition coefficient (Wildman–Crippen LogP) is 5.04. The number of ketones is 1. The number of nitrogens with two attached hydrogens (primary N) is 1. The molecule has 0 amide bonds. The number of nitrogen functional groups attached to an aromatic ring is 1. The normalized spacial score (nSPS) is 21.1. The van der Waals surface area contributed by atoms with Crippen LogP contribution in [0.3, 0.4) is 0 Å². The number of hydrogen-bond donors (Lipinski definition) is 1. The molecular formula is C22H33ClN2O2. The Morgan fingerprint density at radius 1 is 1.22 bits per heavy atom. The van der Waals surface area contributed by atoms with E-state index < -0.39 is 0 Å². The molecule has 1 saturated carbocycles. The molecule has 2 fully saturated rings. The number of ether oxygens (including phenoxy) is 1. The number of hydrogen-bond acceptors (Lipinski definition) is 4. The maximum atomic E-state index is 13.1. The van der Waals surface area contributed by atoms with Gasteiger partial charge in [-0.15, -0.1) is 0 Å². The van der Waals surface area contributed by atoms with Crippen molar-refractivity contribution in [1.29, 1.82) is 0 Å². The minimum absolute atomic E-state index is 0.0320. The molecule has 1 atom stereocenters. The van der Waals surface area contributed by atoms with E-state index in [2.05, 4.69) is 4.90 Å². The molecule has 1 heterocycles. The summed E-state index contributed by atoms with van der Waals surface area (Å²) < 4.78 is 5.37. The van der Waals surface area contributed by atoms with Crippen molar-refractivity contribution in [3.05, 3.63) is 22.7 Å². The molecule has 1 saturated heterocycles. The van der Waals surface area contributed by atoms with Crippen molar-refractivity contribution in [3.8, 4) is 5.75 Å². The molecule has 2 aliphatic rings. The van der Waals surface area contributed by atoms with Crippen LogP contribution in [0.15, 0.2) is 12.1 Å². The van der Waals surface area contributed by atoms with Crippen LogP contribution in [0.25, 0.3) is 0 Å². The first-order chi connectivity index (χ1) is 13.0. The van der Waals surface area contributed by atoms with E-state index in [1.165, 1.54) is 38.6 Å². The van der Waals surface area contributed by atoms with E-state index in [1.807, 2.05) is 6.92 Å². The van der Waals surface area contributed by atoms with Crippen LogP contribution in [0.1, 0.15) is 62.2 Å². The zero-order chi connectivity index (χ0) is 19.4. The Hall–Kier alpha value is -1.26. The average molecular weight is 393 g/mol. The molecule has 1 aliphatic carbocycles. The summed E-state index contributed by atoms with van der Waals surface area (Å²) in [5.41, 5.74) is 6.84. The van der Waals surface area contributed by atoms with Gasteiger partial charge in [-0.3, -0.25) is 4.79 Å². The summed E-state index contributed by atoms with van der Waals surface area (Å²) in [6.07, 6.45) is 9.18. The molecule has 0 bridgehead atoms. The van der Waals surface area contributed by atoms with E-state index in [0.717, 1.165) is 31.8 Å². The molecule has 3 rings (SSSR count). The monoisotopic (exact) mass is 392 g/mol. The predicted molar refractivity (Wildman–Crippen MR) is 112 cm³/mol. The molecule has 1 aliphatic heterocycles. The number of piperidine rings is 1. The highest BCUT2D eigenvalue weighted by atomic mass is 35.5. The van der Waals surface area contributed by atoms with Crippen molar-refractivity contribution in [1.82, 2.24) is 4.90 Å². The van der Waals surface area contributed by atoms with Crippen LogP contribution >= 0.6 is 11.6 Å². The summed E-state index contributed by atoms with van der Waals surface area (Å²) in [6, 6.07) is 3.31. The van der Waals surface area contributed by atoms with Gasteiger partial charge in [0.25, 0.3) is 0 Å². The minimum atomic E-state index is -0.0320. The van der Waals surface area contributed by atoms with Gasteiger partial charge in [0.2, 0.25) is 0 Å². The molecule has 150 valence electrons. The van der Waals surface area contributed by atoms with Gasteiger partial charge in [0.15, 0.2) is 5.78 Å². The molecule has 5 heteroatoms. The first-order valence-corrected chi connectivity index (χ1v) is 10.8. The fraction of sp³-hybridized carbons (Fsp3) is 0.682. The number of likely N-dealkylation sites (tertiary alicyclic amines) is 1. The van der Waals surface area contributed by atoms with Crippen molar-refractivity contribution < 1.29 is 9.53 Å². The average Bonchev–Trinajstić information content (AvgIpc) is 2.70. The van der Waals surface area contributed by atoms with Gasteiger partial charge in [0, 0.05) is 18.5 Å². The summed E-state index contributed by atoms with van der Waals surface area (Å²) in [5, 5.41) is 0.411. The first kappa shape index (κ1) is 20.5. The van der Waals surface area contributed by atoms with Crippen LogP contribution in [0.4, 0.5) is 5.69 Å². The molecule has 0 spiro atoms. The molecule has 27 heavy (non-hydrogen) atoms. The van der Waals surface area contributed by atoms with Crippen molar-refractivity contribution in [3.63, 3.8) is 0 Å². The Bertz CT molecular complexity index is 650. The Morgan fingerprint density at radius 2 is 1.89 bits per heavy atom. The Kier molecular flexibility index (Phi) is 7.04. The number of benzene rings is 1. The van der Waals surface area contributed by atoms with Gasteiger partial charge < -0.3 is 15.4 Å². The van der Waals surface area contributed by atoms with E-state index in [4.69, 9.17) is 22.1 Å². The summed E-state index contributed by atoms with van der Waals surface area (Å²) >= 11 is 6.15. The van der Waals surface area contributed by atoms with Crippen molar-refractivity contribution >= 4 is 23.1 Å². The second-order valence-electron chi connectivity index (χ2n) is 8.37. The molecule has 0 aromatic heterocycles. The number of rotatable bonds is 6. The molecule has 1 unspecified atom stereocenters. The SMILES string of the molecule is COc1cc(N)c(Cl)cc1C(=O)C(C)C1CCN(CC2CCCCC2)CC1. The lowest BCUT2D eigenvalue weighted by Crippen LogP contribution is -2.40. The van der Waals surface area contributed by atoms with Crippen LogP contribution in [0.2, 0.25) is 5.02 Å². The second-order valence-corrected chi connectivity index (χ2v) is 8.78. The fourth-order valence-corrected chi connectivity index (χ4v) is 4.92. The molecule has 2 N–H and O–H groups in total. The first-order valence-electron chi connectivity index (χ1n) is 10.4. The van der Waals surface area contributed by atoms with Crippen LogP contribution in [-0.2, 0) is 0 Å². The largest absolute Gasteiger partial charge is 0.496 e. The number of Topliss-reactive ketones (excluding diaryl/α,β-unsaturated/α-hetero) is 1. The van der Waals surface area contributed by atoms with Gasteiger partial charge in [0.1, 0.15) is 5.75 Å². The topological polar surface area (TPSA) is 55.6 Å². The zero-order valence-electron chi connectivity index (χ0n) is 16.7. The van der Waals surface area contributed by atoms with Gasteiger partial charge in [-0.1, -0.05) is 37.8 Å². The molecule has 4 nitrogen and oxygen atoms in total. The van der Waals surface area contributed by atoms with Gasteiger partial charge in [0.05, 0.1) is 23.4 Å². The third-order valence-electron chi connectivity index (χ3n) is 6.58. The molecule has 1 aromatic carbocycles. The molecule has 1 aromatic rings. The van der Waals surface area contributed by atoms with Crippen LogP contribution in [0, 0.1) is 17.8 Å². The Labute approximate surface area is 168 Å². The van der Waals surface area contributed by atoms with Crippen molar-refractivity contribution in [2.24, 2.45) is 17.8 Å². The maximum Gasteiger partial charge on any atom is 0.169 e. The van der Waals surface area contributed by atoms with Crippen LogP contribution in [-0.4, -0.2) is 37.4 Å². The highest BCUT2D eigenvalue weighted by Gasteiger charge is 2.31. The van der Waals surface area contributed by atoms with Gasteiger partial charge in [-0.2, -0.15) is 0 Å². The quantitative estimate of drug-likeness (QED) is 0.544. The third-order valence-corrected chi connectivity index (χ3v) is 6.91. The second kappa shape index (κ2) is 9.29. The molecular weight excluding hydrogens is 360 g/mol. The van der Waals surface area contributed by atoms with Gasteiger partial charge in [-0.05, 0) is 56.7 Å². The lowest BCUT2D eigenvalue weighted by molar-refractivity contribution is 0.0794. The lowest BCUT2D eigenvalue weighted by Gasteiger charge is -2.37. The van der Waals surface area contributed by atoms with Crippen LogP contribution < -0.4 is 10.5 Å². The summed E-state index contributed by atoms with van der Waals surface area (Å²) in [7, 11) is 1.56. The number of halogens is 1. The number of carbonyl (C=O) groups excluding carboxylic acids is 1. The summed E-state index contributed by atoms with van der Waals surface area (Å²) in [4.78, 5) is 15.7. The maximum absolute atomic E-state index is 13.1. The van der Waals surface area contributed by atoms with E-state index >= 15 is 0 Å². The highest BCUT2D eigenvalue weighted by Crippen LogP contribution is 2.34. The van der Waals surface area contributed by atoms with E-state index in [-0.39, 0.29) is 11.7 Å². The molecule has 0 radical (unpaired) electrons. The van der Waals surface area contributed by atoms with Gasteiger partial charge in [-0.25, -0.2) is 0 Å². The van der Waals surface area contributed by atoms with Crippen molar-refractivity contribution in [2.45, 2.75) is 51.9 Å². The standard InChI is InChI=1S/C22H33ClN2O2/c1-15(22(26)18-12-19(23)20(24)13-21(18)27-2)17-8-10-25(11-9-17)14-16-6-4-3-5-7-16/h12-13,15-17H,3-11,14,24H2,1-2H3. The minimum Gasteiger partial charge on any atom is -0.496 e. The van der Waals surface area contributed by atoms with E-state index in [0.29, 0.717) is 27.9 Å². The number of nitrogens with zero attached hydrogens (tertiary/aromatic N) is 1. The smallest absolute Gasteiger partial charge is 0.169 e. The Morgan fingerprint density at radius 3 is 2.52 bits per heavy atom. The van der Waals surface area contributed by atoms with Gasteiger partial charge >= 0.3 is 0 Å². The van der Waals surface area contributed by atoms with E-state index in [9.17, 15) is 4.79 Å². The highest BCUT2D eigenvalue weighted by molar-refractivity contribution is 6.33. The third kappa shape index (κ3) is 4.97. The van der Waals surface area contributed by atoms with Crippen molar-refractivity contribution in [2.75, 3.05) is 32.5 Å². The summed E-state index contributed by atoms with van der Waals surface area (Å²) in [6.45, 7) is 5.51. The number of carbonyl (C=O) groups is 1. The lowest BCUT2D eigenvalue weighted by atomic mass is 9.80. The fourth-order valence-electron chi connectivity index (χ4n) is 4.76. The summed E-state index contributed by atoms with van der Waals surface area (Å²) in [5.74, 6) is 1.90. The number of anilines is 1. The number of methoxy groups -OCH3 is 1. The Balaban J connectivity index is 1.58. The van der Waals surface area contributed by atoms with Crippen LogP contribution in [0.5, 0.6) is 5.75 Å². The zero-order valence-corrected chi connectivity index (χ0v) is 17.4.